The Hall–Kier alpha value is -3.67. The number of likely N-dealkylation sites (tertiary alicyclic amines) is 1. The number of nitrogens with two attached hydrogens (primary N) is 1. The summed E-state index contributed by atoms with van der Waals surface area (Å²) in [5.74, 6) is -0.582. The van der Waals surface area contributed by atoms with E-state index in [4.69, 9.17) is 10.5 Å². The smallest absolute Gasteiger partial charge is 0.383 e. The van der Waals surface area contributed by atoms with Crippen LogP contribution in [0, 0.1) is 0 Å². The summed E-state index contributed by atoms with van der Waals surface area (Å²) >= 11 is 0. The number of nitrogens with one attached hydrogen (secondary N) is 1. The molecule has 2 amide bonds. The molecule has 2 aliphatic heterocycles. The van der Waals surface area contributed by atoms with E-state index in [9.17, 15) is 18.0 Å². The Morgan fingerprint density at radius 2 is 2.00 bits per heavy atom. The minimum absolute atomic E-state index is 0.207. The van der Waals surface area contributed by atoms with E-state index in [0.717, 1.165) is 11.8 Å². The zero-order chi connectivity index (χ0) is 25.7. The van der Waals surface area contributed by atoms with Gasteiger partial charge in [0.25, 0.3) is 0 Å². The minimum Gasteiger partial charge on any atom is -0.383 e. The van der Waals surface area contributed by atoms with Crippen molar-refractivity contribution in [3.05, 3.63) is 59.7 Å². The van der Waals surface area contributed by atoms with Gasteiger partial charge in [-0.1, -0.05) is 6.07 Å². The predicted octanol–water partition coefficient (Wildman–Crippen LogP) is 3.52. The molecule has 0 bridgehead atoms. The van der Waals surface area contributed by atoms with E-state index in [2.05, 4.69) is 20.4 Å². The lowest BCUT2D eigenvalue weighted by atomic mass is 9.96. The zero-order valence-electron chi connectivity index (χ0n) is 19.8. The molecular formula is C24H26F3N7O2. The summed E-state index contributed by atoms with van der Waals surface area (Å²) < 4.78 is 48.0. The molecule has 3 aromatic rings. The number of amides is 2. The van der Waals surface area contributed by atoms with Crippen LogP contribution in [0.2, 0.25) is 0 Å². The van der Waals surface area contributed by atoms with Crippen molar-refractivity contribution in [1.29, 1.82) is 0 Å². The molecule has 9 nitrogen and oxygen atoms in total. The number of rotatable bonds is 3. The first-order valence-electron chi connectivity index (χ1n) is 11.5. The predicted molar refractivity (Wildman–Crippen MR) is 124 cm³/mol. The Kier molecular flexibility index (Phi) is 5.66. The molecule has 0 saturated carbocycles. The Bertz CT molecular complexity index is 1290. The highest BCUT2D eigenvalue weighted by molar-refractivity contribution is 5.76. The van der Waals surface area contributed by atoms with E-state index < -0.39 is 28.7 Å². The molecule has 1 atom stereocenters. The molecule has 190 valence electrons. The topological polar surface area (TPSA) is 111 Å². The highest BCUT2D eigenvalue weighted by atomic mass is 19.4. The summed E-state index contributed by atoms with van der Waals surface area (Å²) in [7, 11) is 0. The number of nitrogen functional groups attached to an aromatic ring is 1. The normalized spacial score (nSPS) is 20.0. The van der Waals surface area contributed by atoms with Crippen molar-refractivity contribution in [3.63, 3.8) is 0 Å². The van der Waals surface area contributed by atoms with Gasteiger partial charge in [-0.2, -0.15) is 18.3 Å². The third-order valence-electron chi connectivity index (χ3n) is 6.69. The number of ether oxygens (including phenoxy) is 1. The first-order valence-corrected chi connectivity index (χ1v) is 11.5. The van der Waals surface area contributed by atoms with Crippen LogP contribution in [0.15, 0.2) is 42.7 Å². The van der Waals surface area contributed by atoms with Gasteiger partial charge in [0.1, 0.15) is 11.4 Å². The standard InChI is InChI=1S/C24H26F3N7O2/c1-22(2,18-5-3-4-7-29-18)31-21(35)33-8-6-23(14-33)19-12-17(32-34(19)9-10-36-23)15-11-16(24(25,26)27)20(28)30-13-15/h3-5,7,11-13H,6,8-10,14H2,1-2H3,(H2,28,30)(H,31,35)/t23-/m1/s1. The van der Waals surface area contributed by atoms with Crippen LogP contribution < -0.4 is 11.1 Å². The van der Waals surface area contributed by atoms with Crippen LogP contribution in [0.3, 0.4) is 0 Å². The molecule has 0 aromatic carbocycles. The molecule has 1 saturated heterocycles. The van der Waals surface area contributed by atoms with Gasteiger partial charge in [0.2, 0.25) is 0 Å². The van der Waals surface area contributed by atoms with Gasteiger partial charge < -0.3 is 20.7 Å². The summed E-state index contributed by atoms with van der Waals surface area (Å²) in [6.45, 7) is 5.32. The summed E-state index contributed by atoms with van der Waals surface area (Å²) in [6, 6.07) is 7.95. The molecule has 5 rings (SSSR count). The molecule has 36 heavy (non-hydrogen) atoms. The maximum absolute atomic E-state index is 13.3. The van der Waals surface area contributed by atoms with Gasteiger partial charge in [-0.05, 0) is 38.1 Å². The van der Waals surface area contributed by atoms with Gasteiger partial charge in [0, 0.05) is 30.9 Å². The Morgan fingerprint density at radius 3 is 2.72 bits per heavy atom. The van der Waals surface area contributed by atoms with E-state index in [1.165, 1.54) is 6.20 Å². The second-order valence-corrected chi connectivity index (χ2v) is 9.58. The zero-order valence-corrected chi connectivity index (χ0v) is 19.8. The van der Waals surface area contributed by atoms with Gasteiger partial charge in [0.15, 0.2) is 0 Å². The van der Waals surface area contributed by atoms with Gasteiger partial charge in [0.05, 0.1) is 47.9 Å². The van der Waals surface area contributed by atoms with Crippen molar-refractivity contribution < 1.29 is 22.7 Å². The van der Waals surface area contributed by atoms with Gasteiger partial charge in [-0.3, -0.25) is 9.67 Å². The first-order chi connectivity index (χ1) is 17.0. The summed E-state index contributed by atoms with van der Waals surface area (Å²) in [4.78, 5) is 22.9. The van der Waals surface area contributed by atoms with Crippen LogP contribution in [0.1, 0.15) is 37.2 Å². The number of carbonyl (C=O) groups is 1. The van der Waals surface area contributed by atoms with Crippen molar-refractivity contribution in [3.8, 4) is 11.3 Å². The quantitative estimate of drug-likeness (QED) is 0.568. The van der Waals surface area contributed by atoms with Crippen LogP contribution >= 0.6 is 0 Å². The summed E-state index contributed by atoms with van der Waals surface area (Å²) in [5, 5.41) is 7.56. The number of alkyl halides is 3. The fourth-order valence-corrected chi connectivity index (χ4v) is 4.76. The Balaban J connectivity index is 1.39. The van der Waals surface area contributed by atoms with E-state index in [1.807, 2.05) is 32.0 Å². The van der Waals surface area contributed by atoms with Crippen LogP contribution in [-0.4, -0.2) is 50.4 Å². The molecule has 2 aliphatic rings. The maximum atomic E-state index is 13.3. The molecule has 3 aromatic heterocycles. The van der Waals surface area contributed by atoms with Crippen LogP contribution in [0.25, 0.3) is 11.3 Å². The first kappa shape index (κ1) is 24.0. The SMILES string of the molecule is CC(C)(NC(=O)N1CC[C@]2(C1)OCCn1nc(-c3cnc(N)c(C(F)(F)F)c3)cc12)c1ccccn1. The van der Waals surface area contributed by atoms with E-state index in [0.29, 0.717) is 37.5 Å². The average molecular weight is 502 g/mol. The van der Waals surface area contributed by atoms with E-state index in [-0.39, 0.29) is 18.1 Å². The maximum Gasteiger partial charge on any atom is 0.419 e. The van der Waals surface area contributed by atoms with Crippen molar-refractivity contribution >= 4 is 11.8 Å². The average Bonchev–Trinajstić information content (AvgIpc) is 3.45. The van der Waals surface area contributed by atoms with E-state index >= 15 is 0 Å². The van der Waals surface area contributed by atoms with E-state index in [1.54, 1.807) is 21.8 Å². The molecule has 0 aliphatic carbocycles. The van der Waals surface area contributed by atoms with Crippen LogP contribution in [0.5, 0.6) is 0 Å². The van der Waals surface area contributed by atoms with Crippen molar-refractivity contribution in [2.75, 3.05) is 25.4 Å². The third-order valence-corrected chi connectivity index (χ3v) is 6.69. The lowest BCUT2D eigenvalue weighted by Crippen LogP contribution is -2.49. The monoisotopic (exact) mass is 501 g/mol. The summed E-state index contributed by atoms with van der Waals surface area (Å²) in [6.07, 6.45) is -1.14. The second kappa shape index (κ2) is 8.47. The molecule has 3 N–H and O–H groups in total. The fraction of sp³-hybridized carbons (Fsp3) is 0.417. The number of urea groups is 1. The number of fused-ring (bicyclic) bond motifs is 2. The summed E-state index contributed by atoms with van der Waals surface area (Å²) in [5.41, 5.74) is 4.95. The molecule has 1 fully saturated rings. The van der Waals surface area contributed by atoms with Crippen LogP contribution in [-0.2, 0) is 28.6 Å². The van der Waals surface area contributed by atoms with Crippen molar-refractivity contribution in [2.24, 2.45) is 0 Å². The molecule has 5 heterocycles. The minimum atomic E-state index is -4.63. The number of hydrogen-bond acceptors (Lipinski definition) is 6. The second-order valence-electron chi connectivity index (χ2n) is 9.58. The van der Waals surface area contributed by atoms with Crippen molar-refractivity contribution in [2.45, 2.75) is 44.1 Å². The molecule has 0 radical (unpaired) electrons. The lowest BCUT2D eigenvalue weighted by Gasteiger charge is -2.34. The lowest BCUT2D eigenvalue weighted by molar-refractivity contribution is -0.137. The van der Waals surface area contributed by atoms with Crippen LogP contribution in [0.4, 0.5) is 23.8 Å². The number of pyridine rings is 2. The fourth-order valence-electron chi connectivity index (χ4n) is 4.76. The number of halogens is 3. The number of hydrogen-bond donors (Lipinski definition) is 2. The van der Waals surface area contributed by atoms with Gasteiger partial charge in [-0.15, -0.1) is 0 Å². The third kappa shape index (κ3) is 4.25. The largest absolute Gasteiger partial charge is 0.419 e. The number of carbonyl (C=O) groups excluding carboxylic acids is 1. The molecule has 0 unspecified atom stereocenters. The Morgan fingerprint density at radius 1 is 1.19 bits per heavy atom. The van der Waals surface area contributed by atoms with Crippen molar-refractivity contribution in [1.82, 2.24) is 30.0 Å². The molecular weight excluding hydrogens is 475 g/mol. The van der Waals surface area contributed by atoms with Gasteiger partial charge >= 0.3 is 12.2 Å². The highest BCUT2D eigenvalue weighted by Gasteiger charge is 2.47. The molecule has 12 heteroatoms. The highest BCUT2D eigenvalue weighted by Crippen LogP contribution is 2.41. The molecule has 1 spiro atoms. The Labute approximate surface area is 205 Å². The number of anilines is 1. The van der Waals surface area contributed by atoms with Gasteiger partial charge in [-0.25, -0.2) is 9.78 Å². The number of aromatic nitrogens is 4. The number of nitrogens with zero attached hydrogens (tertiary/aromatic N) is 5.